The zero-order chi connectivity index (χ0) is 16.6. The minimum Gasteiger partial charge on any atom is -0.368 e. The van der Waals surface area contributed by atoms with Gasteiger partial charge in [-0.1, -0.05) is 11.8 Å². The van der Waals surface area contributed by atoms with Crippen molar-refractivity contribution in [3.63, 3.8) is 0 Å². The number of carbonyl (C=O) groups is 1. The lowest BCUT2D eigenvalue weighted by molar-refractivity contribution is -0.122. The highest BCUT2D eigenvalue weighted by molar-refractivity contribution is 8.01. The van der Waals surface area contributed by atoms with Crippen LogP contribution in [-0.4, -0.2) is 30.4 Å². The maximum Gasteiger partial charge on any atom is 0.234 e. The molecule has 1 aliphatic rings. The summed E-state index contributed by atoms with van der Waals surface area (Å²) in [5.41, 5.74) is 5.49. The van der Waals surface area contributed by atoms with Crippen molar-refractivity contribution in [3.05, 3.63) is 24.0 Å². The van der Waals surface area contributed by atoms with Crippen LogP contribution in [0.15, 0.2) is 17.4 Å². The average Bonchev–Trinajstić information content (AvgIpc) is 2.87. The molecule has 0 spiro atoms. The van der Waals surface area contributed by atoms with Crippen molar-refractivity contribution in [2.75, 3.05) is 0 Å². The van der Waals surface area contributed by atoms with Crippen LogP contribution in [0.5, 0.6) is 0 Å². The van der Waals surface area contributed by atoms with E-state index in [-0.39, 0.29) is 17.3 Å². The summed E-state index contributed by atoms with van der Waals surface area (Å²) in [7, 11) is 0. The molecule has 23 heavy (non-hydrogen) atoms. The van der Waals surface area contributed by atoms with E-state index in [9.17, 15) is 13.6 Å². The van der Waals surface area contributed by atoms with E-state index in [0.29, 0.717) is 24.5 Å². The van der Waals surface area contributed by atoms with E-state index in [2.05, 4.69) is 15.2 Å². The molecule has 9 heteroatoms. The highest BCUT2D eigenvalue weighted by Gasteiger charge is 2.45. The largest absolute Gasteiger partial charge is 0.368 e. The Bertz CT molecular complexity index is 760. The number of carbonyl (C=O) groups excluding carboxylic acids is 1. The van der Waals surface area contributed by atoms with Gasteiger partial charge in [0.05, 0.1) is 11.8 Å². The number of halogens is 2. The average molecular weight is 339 g/mol. The second kappa shape index (κ2) is 5.88. The van der Waals surface area contributed by atoms with Gasteiger partial charge in [-0.25, -0.2) is 9.37 Å². The number of hydrogen-bond donors (Lipinski definition) is 1. The van der Waals surface area contributed by atoms with E-state index in [1.807, 2.05) is 6.92 Å². The molecular formula is C14H15F2N5OS. The summed E-state index contributed by atoms with van der Waals surface area (Å²) < 4.78 is 28.2. The van der Waals surface area contributed by atoms with E-state index in [1.165, 1.54) is 11.8 Å². The van der Waals surface area contributed by atoms with Crippen molar-refractivity contribution in [1.29, 1.82) is 0 Å². The first-order chi connectivity index (χ1) is 11.0. The molecule has 1 amide bonds. The molecule has 122 valence electrons. The van der Waals surface area contributed by atoms with Gasteiger partial charge in [0, 0.05) is 12.6 Å². The number of primary amides is 1. The molecule has 0 atom stereocenters. The number of amides is 1. The van der Waals surface area contributed by atoms with E-state index in [0.717, 1.165) is 18.7 Å². The molecule has 0 radical (unpaired) electrons. The maximum absolute atomic E-state index is 13.9. The van der Waals surface area contributed by atoms with Crippen LogP contribution in [0.1, 0.15) is 26.2 Å². The number of rotatable bonds is 5. The Morgan fingerprint density at radius 3 is 2.74 bits per heavy atom. The fraction of sp³-hybridized carbons (Fsp3) is 0.429. The predicted molar refractivity (Wildman–Crippen MR) is 80.5 cm³/mol. The zero-order valence-corrected chi connectivity index (χ0v) is 13.2. The van der Waals surface area contributed by atoms with Crippen LogP contribution >= 0.6 is 11.8 Å². The van der Waals surface area contributed by atoms with E-state index < -0.39 is 16.5 Å². The Kier molecular flexibility index (Phi) is 4.05. The molecule has 0 aromatic carbocycles. The summed E-state index contributed by atoms with van der Waals surface area (Å²) in [6.45, 7) is 2.28. The third-order valence-electron chi connectivity index (χ3n) is 3.99. The molecule has 2 aromatic heterocycles. The first kappa shape index (κ1) is 15.9. The first-order valence-electron chi connectivity index (χ1n) is 7.20. The summed E-state index contributed by atoms with van der Waals surface area (Å²) in [5.74, 6) is -1.66. The van der Waals surface area contributed by atoms with Gasteiger partial charge < -0.3 is 10.3 Å². The Hall–Kier alpha value is -2.03. The molecule has 0 aliphatic heterocycles. The molecule has 0 saturated heterocycles. The number of nitrogens with two attached hydrogens (primary N) is 1. The minimum absolute atomic E-state index is 0.0135. The summed E-state index contributed by atoms with van der Waals surface area (Å²) in [4.78, 5) is 15.0. The second-order valence-electron chi connectivity index (χ2n) is 5.35. The van der Waals surface area contributed by atoms with Crippen molar-refractivity contribution in [2.24, 2.45) is 5.73 Å². The molecule has 0 unspecified atom stereocenters. The molecule has 1 saturated carbocycles. The molecule has 1 aliphatic carbocycles. The topological polar surface area (TPSA) is 86.7 Å². The lowest BCUT2D eigenvalue weighted by Crippen LogP contribution is -2.46. The number of pyridine rings is 1. The minimum atomic E-state index is -0.797. The SMILES string of the molecule is CCn1c(SC2(C(N)=O)CCC2)nnc1-c1cc(F)ncc1F. The highest BCUT2D eigenvalue weighted by Crippen LogP contribution is 2.47. The third kappa shape index (κ3) is 2.69. The van der Waals surface area contributed by atoms with Crippen LogP contribution in [0, 0.1) is 11.8 Å². The van der Waals surface area contributed by atoms with Gasteiger partial charge in [0.2, 0.25) is 11.9 Å². The third-order valence-corrected chi connectivity index (χ3v) is 5.48. The summed E-state index contributed by atoms with van der Waals surface area (Å²) >= 11 is 1.25. The van der Waals surface area contributed by atoms with Crippen molar-refractivity contribution in [3.8, 4) is 11.4 Å². The lowest BCUT2D eigenvalue weighted by Gasteiger charge is -2.37. The van der Waals surface area contributed by atoms with Crippen molar-refractivity contribution in [1.82, 2.24) is 19.7 Å². The summed E-state index contributed by atoms with van der Waals surface area (Å²) in [6, 6.07) is 0.979. The van der Waals surface area contributed by atoms with Gasteiger partial charge >= 0.3 is 0 Å². The van der Waals surface area contributed by atoms with Crippen LogP contribution in [-0.2, 0) is 11.3 Å². The van der Waals surface area contributed by atoms with Gasteiger partial charge in [-0.05, 0) is 26.2 Å². The van der Waals surface area contributed by atoms with Crippen LogP contribution in [0.25, 0.3) is 11.4 Å². The molecule has 2 heterocycles. The molecule has 2 aromatic rings. The lowest BCUT2D eigenvalue weighted by atomic mass is 9.84. The monoisotopic (exact) mass is 339 g/mol. The molecule has 3 rings (SSSR count). The fourth-order valence-electron chi connectivity index (χ4n) is 2.50. The molecule has 2 N–H and O–H groups in total. The number of thioether (sulfide) groups is 1. The Morgan fingerprint density at radius 1 is 1.43 bits per heavy atom. The van der Waals surface area contributed by atoms with Crippen LogP contribution in [0.4, 0.5) is 8.78 Å². The second-order valence-corrected chi connectivity index (χ2v) is 6.70. The first-order valence-corrected chi connectivity index (χ1v) is 8.02. The standard InChI is InChI=1S/C14H15F2N5OS/c1-2-21-11(8-6-10(16)18-7-9(8)15)19-20-13(21)23-14(12(17)22)4-3-5-14/h6-7H,2-5H2,1H3,(H2,17,22). The predicted octanol–water partition coefficient (Wildman–Crippen LogP) is 2.14. The highest BCUT2D eigenvalue weighted by atomic mass is 32.2. The van der Waals surface area contributed by atoms with Crippen molar-refractivity contribution < 1.29 is 13.6 Å². The van der Waals surface area contributed by atoms with Gasteiger partial charge in [-0.15, -0.1) is 10.2 Å². The Balaban J connectivity index is 2.00. The van der Waals surface area contributed by atoms with E-state index in [1.54, 1.807) is 4.57 Å². The summed E-state index contributed by atoms with van der Waals surface area (Å²) in [5, 5.41) is 8.48. The van der Waals surface area contributed by atoms with Crippen molar-refractivity contribution in [2.45, 2.75) is 42.6 Å². The van der Waals surface area contributed by atoms with E-state index >= 15 is 0 Å². The van der Waals surface area contributed by atoms with E-state index in [4.69, 9.17) is 5.73 Å². The fourth-order valence-corrected chi connectivity index (χ4v) is 3.85. The molecule has 6 nitrogen and oxygen atoms in total. The van der Waals surface area contributed by atoms with Gasteiger partial charge in [0.1, 0.15) is 4.75 Å². The number of aromatic nitrogens is 4. The van der Waals surface area contributed by atoms with Gasteiger partial charge in [0.15, 0.2) is 16.8 Å². The van der Waals surface area contributed by atoms with Gasteiger partial charge in [-0.3, -0.25) is 4.79 Å². The molecule has 1 fully saturated rings. The number of hydrogen-bond acceptors (Lipinski definition) is 5. The Labute approximate surface area is 135 Å². The van der Waals surface area contributed by atoms with Crippen molar-refractivity contribution >= 4 is 17.7 Å². The van der Waals surface area contributed by atoms with Crippen LogP contribution < -0.4 is 5.73 Å². The molecule has 0 bridgehead atoms. The Morgan fingerprint density at radius 2 is 2.17 bits per heavy atom. The maximum atomic E-state index is 13.9. The summed E-state index contributed by atoms with van der Waals surface area (Å²) in [6.07, 6.45) is 3.09. The van der Waals surface area contributed by atoms with Gasteiger partial charge in [-0.2, -0.15) is 4.39 Å². The molecular weight excluding hydrogens is 324 g/mol. The smallest absolute Gasteiger partial charge is 0.234 e. The normalized spacial score (nSPS) is 16.1. The van der Waals surface area contributed by atoms with Crippen LogP contribution in [0.3, 0.4) is 0 Å². The van der Waals surface area contributed by atoms with Gasteiger partial charge in [0.25, 0.3) is 0 Å². The number of nitrogens with zero attached hydrogens (tertiary/aromatic N) is 4. The quantitative estimate of drug-likeness (QED) is 0.844. The van der Waals surface area contributed by atoms with Crippen LogP contribution in [0.2, 0.25) is 0 Å². The zero-order valence-electron chi connectivity index (χ0n) is 12.4.